The molecule has 4 heteroatoms. The lowest BCUT2D eigenvalue weighted by Gasteiger charge is -2.20. The van der Waals surface area contributed by atoms with E-state index < -0.39 is 0 Å². The van der Waals surface area contributed by atoms with Crippen LogP contribution in [0, 0.1) is 0 Å². The predicted octanol–water partition coefficient (Wildman–Crippen LogP) is 4.06. The van der Waals surface area contributed by atoms with Crippen molar-refractivity contribution < 1.29 is 4.74 Å². The van der Waals surface area contributed by atoms with Crippen molar-refractivity contribution in [2.24, 2.45) is 0 Å². The molecular weight excluding hydrogens is 302 g/mol. The van der Waals surface area contributed by atoms with Crippen LogP contribution in [-0.4, -0.2) is 13.2 Å². The van der Waals surface area contributed by atoms with E-state index in [9.17, 15) is 0 Å². The van der Waals surface area contributed by atoms with Crippen LogP contribution in [0.4, 0.5) is 0 Å². The third-order valence-corrected chi connectivity index (χ3v) is 3.93. The standard InChI is InChI=1S/C13H15BrClNO/c1-2-16-13(12-4-3-7-17-12)9-5-6-10(14)11(15)8-9/h4-6,8,13,16H,2-3,7H2,1H3. The fourth-order valence-electron chi connectivity index (χ4n) is 1.92. The molecule has 0 amide bonds. The first-order valence-corrected chi connectivity index (χ1v) is 6.90. The molecule has 1 atom stereocenters. The van der Waals surface area contributed by atoms with Crippen molar-refractivity contribution in [3.05, 3.63) is 45.1 Å². The zero-order valence-electron chi connectivity index (χ0n) is 9.67. The summed E-state index contributed by atoms with van der Waals surface area (Å²) in [5.74, 6) is 1.00. The minimum Gasteiger partial charge on any atom is -0.496 e. The second-order valence-corrected chi connectivity index (χ2v) is 5.17. The van der Waals surface area contributed by atoms with Crippen LogP contribution in [-0.2, 0) is 4.74 Å². The molecule has 0 radical (unpaired) electrons. The smallest absolute Gasteiger partial charge is 0.114 e. The molecule has 2 rings (SSSR count). The predicted molar refractivity (Wildman–Crippen MR) is 74.2 cm³/mol. The Kier molecular flexibility index (Phi) is 4.48. The largest absolute Gasteiger partial charge is 0.496 e. The van der Waals surface area contributed by atoms with Crippen LogP contribution in [0.25, 0.3) is 0 Å². The van der Waals surface area contributed by atoms with Crippen molar-refractivity contribution in [3.63, 3.8) is 0 Å². The zero-order chi connectivity index (χ0) is 12.3. The minimum absolute atomic E-state index is 0.105. The summed E-state index contributed by atoms with van der Waals surface area (Å²) in [6, 6.07) is 6.11. The van der Waals surface area contributed by atoms with Gasteiger partial charge >= 0.3 is 0 Å². The topological polar surface area (TPSA) is 21.3 Å². The first-order chi connectivity index (χ1) is 8.22. The molecule has 0 aliphatic carbocycles. The molecule has 1 unspecified atom stereocenters. The Balaban J connectivity index is 2.28. The normalized spacial score (nSPS) is 16.5. The lowest BCUT2D eigenvalue weighted by molar-refractivity contribution is 0.216. The molecule has 1 aliphatic heterocycles. The molecule has 92 valence electrons. The Bertz CT molecular complexity index is 433. The maximum absolute atomic E-state index is 6.13. The molecule has 1 aliphatic rings. The van der Waals surface area contributed by atoms with Gasteiger partial charge in [-0.3, -0.25) is 0 Å². The van der Waals surface area contributed by atoms with E-state index in [1.165, 1.54) is 0 Å². The molecule has 17 heavy (non-hydrogen) atoms. The Hall–Kier alpha value is -0.510. The molecule has 0 aromatic heterocycles. The fourth-order valence-corrected chi connectivity index (χ4v) is 2.35. The summed E-state index contributed by atoms with van der Waals surface area (Å²) in [5.41, 5.74) is 1.13. The average molecular weight is 317 g/mol. The first-order valence-electron chi connectivity index (χ1n) is 5.73. The molecule has 0 saturated heterocycles. The van der Waals surface area contributed by atoms with Gasteiger partial charge in [-0.05, 0) is 46.2 Å². The number of nitrogens with one attached hydrogen (secondary N) is 1. The van der Waals surface area contributed by atoms with Crippen LogP contribution >= 0.6 is 27.5 Å². The van der Waals surface area contributed by atoms with Gasteiger partial charge in [0.1, 0.15) is 5.76 Å². The van der Waals surface area contributed by atoms with Gasteiger partial charge in [0.25, 0.3) is 0 Å². The Morgan fingerprint density at radius 3 is 2.94 bits per heavy atom. The summed E-state index contributed by atoms with van der Waals surface area (Å²) < 4.78 is 6.55. The Morgan fingerprint density at radius 1 is 1.53 bits per heavy atom. The summed E-state index contributed by atoms with van der Waals surface area (Å²) in [6.45, 7) is 3.75. The highest BCUT2D eigenvalue weighted by molar-refractivity contribution is 9.10. The summed E-state index contributed by atoms with van der Waals surface area (Å²) in [4.78, 5) is 0. The molecule has 1 N–H and O–H groups in total. The lowest BCUT2D eigenvalue weighted by Crippen LogP contribution is -2.23. The maximum atomic E-state index is 6.13. The van der Waals surface area contributed by atoms with Gasteiger partial charge in [-0.15, -0.1) is 0 Å². The average Bonchev–Trinajstić information content (AvgIpc) is 2.83. The van der Waals surface area contributed by atoms with E-state index >= 15 is 0 Å². The summed E-state index contributed by atoms with van der Waals surface area (Å²) >= 11 is 9.53. The fraction of sp³-hybridized carbons (Fsp3) is 0.385. The number of benzene rings is 1. The third-order valence-electron chi connectivity index (χ3n) is 2.70. The van der Waals surface area contributed by atoms with Crippen LogP contribution in [0.5, 0.6) is 0 Å². The number of rotatable bonds is 4. The SMILES string of the molecule is CCNC(C1=CCCO1)c1ccc(Br)c(Cl)c1. The number of hydrogen-bond acceptors (Lipinski definition) is 2. The Morgan fingerprint density at radius 2 is 2.35 bits per heavy atom. The van der Waals surface area contributed by atoms with Gasteiger partial charge in [0.15, 0.2) is 0 Å². The highest BCUT2D eigenvalue weighted by Gasteiger charge is 2.20. The van der Waals surface area contributed by atoms with E-state index in [4.69, 9.17) is 16.3 Å². The summed E-state index contributed by atoms with van der Waals surface area (Å²) in [5, 5.41) is 4.15. The molecular formula is C13H15BrClNO. The van der Waals surface area contributed by atoms with Crippen LogP contribution in [0.15, 0.2) is 34.5 Å². The van der Waals surface area contributed by atoms with E-state index in [1.807, 2.05) is 12.1 Å². The number of hydrogen-bond donors (Lipinski definition) is 1. The third kappa shape index (κ3) is 3.03. The maximum Gasteiger partial charge on any atom is 0.114 e. The number of likely N-dealkylation sites (N-methyl/N-ethyl adjacent to an activating group) is 1. The second kappa shape index (κ2) is 5.89. The lowest BCUT2D eigenvalue weighted by atomic mass is 10.0. The molecule has 1 aromatic carbocycles. The van der Waals surface area contributed by atoms with Crippen molar-refractivity contribution in [2.45, 2.75) is 19.4 Å². The van der Waals surface area contributed by atoms with Crippen molar-refractivity contribution in [1.29, 1.82) is 0 Å². The van der Waals surface area contributed by atoms with Crippen molar-refractivity contribution in [3.8, 4) is 0 Å². The molecule has 0 bridgehead atoms. The van der Waals surface area contributed by atoms with Gasteiger partial charge in [-0.25, -0.2) is 0 Å². The van der Waals surface area contributed by atoms with Crippen molar-refractivity contribution in [2.75, 3.05) is 13.2 Å². The van der Waals surface area contributed by atoms with Gasteiger partial charge in [0, 0.05) is 10.9 Å². The van der Waals surface area contributed by atoms with E-state index in [0.29, 0.717) is 0 Å². The van der Waals surface area contributed by atoms with Crippen LogP contribution in [0.2, 0.25) is 5.02 Å². The molecule has 0 saturated carbocycles. The van der Waals surface area contributed by atoms with Gasteiger partial charge in [-0.2, -0.15) is 0 Å². The van der Waals surface area contributed by atoms with Gasteiger partial charge in [-0.1, -0.05) is 24.6 Å². The quantitative estimate of drug-likeness (QED) is 0.904. The molecule has 1 aromatic rings. The van der Waals surface area contributed by atoms with Crippen molar-refractivity contribution >= 4 is 27.5 Å². The van der Waals surface area contributed by atoms with Crippen LogP contribution in [0.1, 0.15) is 24.9 Å². The molecule has 2 nitrogen and oxygen atoms in total. The van der Waals surface area contributed by atoms with Crippen molar-refractivity contribution in [1.82, 2.24) is 5.32 Å². The highest BCUT2D eigenvalue weighted by atomic mass is 79.9. The Labute approximate surface area is 115 Å². The molecule has 0 spiro atoms. The number of halogens is 2. The van der Waals surface area contributed by atoms with Gasteiger partial charge < -0.3 is 10.1 Å². The molecule has 0 fully saturated rings. The zero-order valence-corrected chi connectivity index (χ0v) is 12.0. The van der Waals surface area contributed by atoms with Crippen LogP contribution < -0.4 is 5.32 Å². The minimum atomic E-state index is 0.105. The van der Waals surface area contributed by atoms with E-state index in [1.54, 1.807) is 0 Å². The summed E-state index contributed by atoms with van der Waals surface area (Å²) in [6.07, 6.45) is 3.13. The molecule has 1 heterocycles. The highest BCUT2D eigenvalue weighted by Crippen LogP contribution is 2.31. The summed E-state index contributed by atoms with van der Waals surface area (Å²) in [7, 11) is 0. The van der Waals surface area contributed by atoms with E-state index in [0.717, 1.165) is 40.4 Å². The van der Waals surface area contributed by atoms with Gasteiger partial charge in [0.05, 0.1) is 17.7 Å². The second-order valence-electron chi connectivity index (χ2n) is 3.91. The van der Waals surface area contributed by atoms with E-state index in [2.05, 4.69) is 40.3 Å². The number of ether oxygens (including phenoxy) is 1. The van der Waals surface area contributed by atoms with Crippen LogP contribution in [0.3, 0.4) is 0 Å². The monoisotopic (exact) mass is 315 g/mol. The van der Waals surface area contributed by atoms with Gasteiger partial charge in [0.2, 0.25) is 0 Å². The first kappa shape index (κ1) is 12.9. The van der Waals surface area contributed by atoms with E-state index in [-0.39, 0.29) is 6.04 Å².